The highest BCUT2D eigenvalue weighted by molar-refractivity contribution is 6.27. The average molecular weight is 1030 g/mol. The summed E-state index contributed by atoms with van der Waals surface area (Å²) in [5, 5.41) is 21.0. The maximum absolute atomic E-state index is 6.86. The van der Waals surface area contributed by atoms with E-state index in [2.05, 4.69) is 267 Å². The van der Waals surface area contributed by atoms with Crippen molar-refractivity contribution in [2.24, 2.45) is 0 Å². The van der Waals surface area contributed by atoms with Crippen molar-refractivity contribution in [3.05, 3.63) is 267 Å². The number of hydrogen-bond donors (Lipinski definition) is 0. The molecule has 3 aromatic heterocycles. The highest BCUT2D eigenvalue weighted by Crippen LogP contribution is 2.49. The molecule has 0 fully saturated rings. The lowest BCUT2D eigenvalue weighted by molar-refractivity contribution is 0.668. The van der Waals surface area contributed by atoms with Crippen LogP contribution in [-0.2, 0) is 0 Å². The number of hydrogen-bond acceptors (Lipinski definition) is 3. The van der Waals surface area contributed by atoms with Crippen molar-refractivity contribution >= 4 is 130 Å². The molecule has 18 aromatic rings. The summed E-state index contributed by atoms with van der Waals surface area (Å²) in [6.07, 6.45) is 0. The summed E-state index contributed by atoms with van der Waals surface area (Å²) in [5.74, 6) is 0. The molecule has 81 heavy (non-hydrogen) atoms. The molecule has 0 radical (unpaired) electrons. The quantitative estimate of drug-likeness (QED) is 0.161. The van der Waals surface area contributed by atoms with Gasteiger partial charge in [0.25, 0.3) is 0 Å². The minimum atomic E-state index is 0.844. The molecule has 18 rings (SSSR count). The normalized spacial score (nSPS) is 12.2. The van der Waals surface area contributed by atoms with E-state index >= 15 is 0 Å². The van der Waals surface area contributed by atoms with Gasteiger partial charge in [-0.3, -0.25) is 0 Å². The zero-order valence-electron chi connectivity index (χ0n) is 43.6. The summed E-state index contributed by atoms with van der Waals surface area (Å²) in [5.41, 5.74) is 17.0. The Labute approximate surface area is 463 Å². The minimum Gasteiger partial charge on any atom is -0.456 e. The Morgan fingerprint density at radius 1 is 0.185 bits per heavy atom. The van der Waals surface area contributed by atoms with E-state index in [-0.39, 0.29) is 0 Å². The molecule has 3 nitrogen and oxygen atoms in total. The summed E-state index contributed by atoms with van der Waals surface area (Å²) in [6.45, 7) is 0. The van der Waals surface area contributed by atoms with E-state index in [0.29, 0.717) is 0 Å². The lowest BCUT2D eigenvalue weighted by Crippen LogP contribution is -1.90. The minimum absolute atomic E-state index is 0.844. The lowest BCUT2D eigenvalue weighted by atomic mass is 9.85. The van der Waals surface area contributed by atoms with Crippen LogP contribution in [0.1, 0.15) is 0 Å². The third-order valence-electron chi connectivity index (χ3n) is 17.4. The fraction of sp³-hybridized carbons (Fsp3) is 0. The van der Waals surface area contributed by atoms with Crippen LogP contribution >= 0.6 is 0 Å². The average Bonchev–Trinajstić information content (AvgIpc) is 4.34. The Bertz CT molecular complexity index is 5600. The van der Waals surface area contributed by atoms with Gasteiger partial charge in [0.15, 0.2) is 0 Å². The van der Waals surface area contributed by atoms with Crippen molar-refractivity contribution in [1.29, 1.82) is 0 Å². The second-order valence-corrected chi connectivity index (χ2v) is 21.7. The molecule has 15 aromatic carbocycles. The SMILES string of the molecule is c1ccc(-c2c3ccccc3c(-c3ccc4oc5cc(-c6ccc7c(c6)oc6ccc(-c8c9ccccc9c(-c9ccc%10oc%11c%12ccccc%12ccc%11c%10c9)c9ccccc89)cc67)c6ccccc6c5c4c3)c3ccccc23)cc1. The fourth-order valence-electron chi connectivity index (χ4n) is 13.9. The molecular formula is C78H44O3. The number of rotatable bonds is 5. The summed E-state index contributed by atoms with van der Waals surface area (Å²) in [4.78, 5) is 0. The van der Waals surface area contributed by atoms with Gasteiger partial charge in [-0.1, -0.05) is 206 Å². The van der Waals surface area contributed by atoms with Crippen molar-refractivity contribution in [2.75, 3.05) is 0 Å². The monoisotopic (exact) mass is 1030 g/mol. The second-order valence-electron chi connectivity index (χ2n) is 21.7. The standard InChI is InChI=1S/C78H44O3/c1-2-17-46(18-3-1)73-55-22-8-10-24-57(55)76(58-25-11-9-23-56(58)73)50-34-39-70-67(42-50)77-54-21-7-6-20-52(54)64(44-72(77)80-70)47-31-35-53-65-40-48(32-37-68(65)79-71(53)43-47)74-59-26-12-14-28-61(59)75(62-29-15-13-27-60(62)74)49-33-38-69-66(41-49)63-36-30-45-16-4-5-19-51(45)78(63)81-69/h1-44H. The summed E-state index contributed by atoms with van der Waals surface area (Å²) in [7, 11) is 0. The van der Waals surface area contributed by atoms with Crippen LogP contribution in [0, 0.1) is 0 Å². The first-order chi connectivity index (χ1) is 40.2. The molecular weight excluding hydrogens is 985 g/mol. The van der Waals surface area contributed by atoms with Gasteiger partial charge in [-0.15, -0.1) is 0 Å². The van der Waals surface area contributed by atoms with Crippen LogP contribution in [0.15, 0.2) is 280 Å². The number of fused-ring (bicyclic) bond motifs is 17. The van der Waals surface area contributed by atoms with Crippen molar-refractivity contribution in [3.8, 4) is 55.6 Å². The fourth-order valence-corrected chi connectivity index (χ4v) is 13.9. The van der Waals surface area contributed by atoms with E-state index in [9.17, 15) is 0 Å². The van der Waals surface area contributed by atoms with Gasteiger partial charge in [-0.2, -0.15) is 0 Å². The Kier molecular flexibility index (Phi) is 9.23. The molecule has 0 atom stereocenters. The van der Waals surface area contributed by atoms with Crippen LogP contribution < -0.4 is 0 Å². The van der Waals surface area contributed by atoms with Gasteiger partial charge in [0.1, 0.15) is 33.5 Å². The molecule has 0 aliphatic heterocycles. The molecule has 0 saturated carbocycles. The molecule has 0 N–H and O–H groups in total. The molecule has 0 amide bonds. The van der Waals surface area contributed by atoms with E-state index in [4.69, 9.17) is 13.3 Å². The highest BCUT2D eigenvalue weighted by Gasteiger charge is 2.23. The zero-order valence-corrected chi connectivity index (χ0v) is 43.6. The Hall–Kier alpha value is -10.7. The lowest BCUT2D eigenvalue weighted by Gasteiger charge is -2.18. The molecule has 0 bridgehead atoms. The molecule has 0 aliphatic carbocycles. The first-order valence-corrected chi connectivity index (χ1v) is 27.8. The predicted octanol–water partition coefficient (Wildman–Crippen LogP) is 22.6. The van der Waals surface area contributed by atoms with Gasteiger partial charge in [0.2, 0.25) is 0 Å². The van der Waals surface area contributed by atoms with Crippen LogP contribution in [0.3, 0.4) is 0 Å². The van der Waals surface area contributed by atoms with Gasteiger partial charge >= 0.3 is 0 Å². The Morgan fingerprint density at radius 3 is 1.16 bits per heavy atom. The largest absolute Gasteiger partial charge is 0.456 e. The van der Waals surface area contributed by atoms with E-state index in [1.165, 1.54) is 76.3 Å². The molecule has 3 heterocycles. The smallest absolute Gasteiger partial charge is 0.143 e. The maximum Gasteiger partial charge on any atom is 0.143 e. The molecule has 0 saturated heterocycles. The van der Waals surface area contributed by atoms with Gasteiger partial charge in [-0.05, 0) is 176 Å². The Morgan fingerprint density at radius 2 is 0.593 bits per heavy atom. The van der Waals surface area contributed by atoms with Gasteiger partial charge in [0, 0.05) is 37.7 Å². The van der Waals surface area contributed by atoms with Crippen LogP contribution in [0.25, 0.3) is 186 Å². The highest BCUT2D eigenvalue weighted by atomic mass is 16.3. The molecule has 0 aliphatic rings. The van der Waals surface area contributed by atoms with Gasteiger partial charge in [0.05, 0.1) is 0 Å². The van der Waals surface area contributed by atoms with Crippen molar-refractivity contribution in [3.63, 3.8) is 0 Å². The topological polar surface area (TPSA) is 39.4 Å². The van der Waals surface area contributed by atoms with E-state index in [0.717, 1.165) is 110 Å². The van der Waals surface area contributed by atoms with E-state index < -0.39 is 0 Å². The number of benzene rings is 15. The van der Waals surface area contributed by atoms with Gasteiger partial charge in [-0.25, -0.2) is 0 Å². The summed E-state index contributed by atoms with van der Waals surface area (Å²) in [6, 6.07) is 96.9. The van der Waals surface area contributed by atoms with Crippen LogP contribution in [0.5, 0.6) is 0 Å². The number of furan rings is 3. The van der Waals surface area contributed by atoms with Gasteiger partial charge < -0.3 is 13.3 Å². The third-order valence-corrected chi connectivity index (χ3v) is 17.4. The summed E-state index contributed by atoms with van der Waals surface area (Å²) < 4.78 is 20.2. The molecule has 0 unspecified atom stereocenters. The van der Waals surface area contributed by atoms with Crippen molar-refractivity contribution < 1.29 is 13.3 Å². The first kappa shape index (κ1) is 44.3. The molecule has 374 valence electrons. The van der Waals surface area contributed by atoms with Crippen LogP contribution in [0.4, 0.5) is 0 Å². The molecule has 3 heteroatoms. The second kappa shape index (κ2) is 16.9. The zero-order chi connectivity index (χ0) is 52.9. The third kappa shape index (κ3) is 6.46. The van der Waals surface area contributed by atoms with Crippen molar-refractivity contribution in [2.45, 2.75) is 0 Å². The van der Waals surface area contributed by atoms with E-state index in [1.807, 2.05) is 0 Å². The Balaban J connectivity index is 0.761. The van der Waals surface area contributed by atoms with E-state index in [1.54, 1.807) is 0 Å². The predicted molar refractivity (Wildman–Crippen MR) is 340 cm³/mol. The molecule has 0 spiro atoms. The van der Waals surface area contributed by atoms with Crippen LogP contribution in [0.2, 0.25) is 0 Å². The first-order valence-electron chi connectivity index (χ1n) is 27.8. The summed E-state index contributed by atoms with van der Waals surface area (Å²) >= 11 is 0. The van der Waals surface area contributed by atoms with Crippen molar-refractivity contribution in [1.82, 2.24) is 0 Å². The van der Waals surface area contributed by atoms with Crippen LogP contribution in [-0.4, -0.2) is 0 Å². The maximum atomic E-state index is 6.86.